The molecular weight excluding hydrogens is 781 g/mol. The van der Waals surface area contributed by atoms with Gasteiger partial charge in [-0.25, -0.2) is 4.57 Å². The van der Waals surface area contributed by atoms with Crippen LogP contribution >= 0.6 is 11.8 Å². The van der Waals surface area contributed by atoms with Gasteiger partial charge < -0.3 is 60.3 Å². The summed E-state index contributed by atoms with van der Waals surface area (Å²) in [5.74, 6) is -1.16. The maximum absolute atomic E-state index is 14.5. The van der Waals surface area contributed by atoms with E-state index >= 15 is 0 Å². The second kappa shape index (κ2) is 13.1. The molecule has 0 spiro atoms. The molecule has 8 aromatic rings. The summed E-state index contributed by atoms with van der Waals surface area (Å²) in [5.41, 5.74) is 11.3. The van der Waals surface area contributed by atoms with Crippen molar-refractivity contribution >= 4 is 89.8 Å². The number of aromatic nitrogens is 7. The first-order valence-electron chi connectivity index (χ1n) is 18.4. The van der Waals surface area contributed by atoms with Crippen molar-refractivity contribution < 1.29 is 43.7 Å². The number of hydrogen-bond acceptors (Lipinski definition) is 12. The summed E-state index contributed by atoms with van der Waals surface area (Å²) >= 11 is 1.05. The fourth-order valence-corrected chi connectivity index (χ4v) is 9.04. The molecule has 0 unspecified atom stereocenters. The van der Waals surface area contributed by atoms with Crippen molar-refractivity contribution in [2.24, 2.45) is 0 Å². The second-order valence-electron chi connectivity index (χ2n) is 14.5. The summed E-state index contributed by atoms with van der Waals surface area (Å²) in [5, 5.41) is 35.1. The zero-order chi connectivity index (χ0) is 41.0. The predicted molar refractivity (Wildman–Crippen MR) is 219 cm³/mol. The topological polar surface area (TPSA) is 256 Å². The Kier molecular flexibility index (Phi) is 7.96. The lowest BCUT2D eigenvalue weighted by atomic mass is 9.97. The highest BCUT2D eigenvalue weighted by atomic mass is 32.2. The van der Waals surface area contributed by atoms with E-state index in [1.807, 2.05) is 4.57 Å². The number of H-pyrrole nitrogens is 4. The van der Waals surface area contributed by atoms with E-state index in [0.717, 1.165) is 11.8 Å². The highest BCUT2D eigenvalue weighted by Gasteiger charge is 2.40. The van der Waals surface area contributed by atoms with Gasteiger partial charge in [-0.15, -0.1) is 0 Å². The minimum atomic E-state index is -0.477. The number of nitrogens with two attached hydrogens (primary N) is 1. The van der Waals surface area contributed by atoms with Crippen LogP contribution in [-0.4, -0.2) is 95.7 Å². The second-order valence-corrected chi connectivity index (χ2v) is 15.2. The number of aromatic amines is 4. The quantitative estimate of drug-likeness (QED) is 0.103. The molecule has 0 saturated heterocycles. The van der Waals surface area contributed by atoms with Gasteiger partial charge in [-0.3, -0.25) is 14.4 Å². The standard InChI is InChI=1S/C40H34N10O8S/c1-57-28-10-21-16(7-26(28)51)6-22(45-21)39(55)50-13-17(12-48-15-44-36(41)32-37(48)43-14-42-32)29-20-9-23(46-30(20)27(52)11-25(29)50)38(54)49-5-4-18-19-8-24(40(56)59-3)47-31(19)35(58-2)34(53)33(18)49/h6-11,14-15,17H,4-5,12-13H2,1-3H3,(H8,41,42,43,45,46,47,51,52,53,54,55,56)/p+1/t17-/m1/s1. The van der Waals surface area contributed by atoms with E-state index in [-0.39, 0.29) is 75.4 Å². The molecule has 2 aliphatic heterocycles. The van der Waals surface area contributed by atoms with Gasteiger partial charge in [0.15, 0.2) is 34.8 Å². The number of fused-ring (bicyclic) bond motifs is 8. The van der Waals surface area contributed by atoms with E-state index in [0.29, 0.717) is 73.8 Å². The van der Waals surface area contributed by atoms with Crippen molar-refractivity contribution in [3.63, 3.8) is 0 Å². The first-order valence-corrected chi connectivity index (χ1v) is 19.6. The van der Waals surface area contributed by atoms with E-state index in [9.17, 15) is 29.7 Å². The van der Waals surface area contributed by atoms with Gasteiger partial charge >= 0.3 is 0 Å². The SMILES string of the molecule is COc1cc2[nH]c(C(=O)N3C[C@@H](C[n+]4cnc(N)c5[nH]cnc54)c4c3cc(O)c3[nH]c(C(=O)N5CCc6c5c(O)c(OC)c5[nH]c(C(=O)SC)cc65)cc43)cc2cc1O. The van der Waals surface area contributed by atoms with E-state index < -0.39 is 17.7 Å². The number of thioether (sulfide) groups is 1. The lowest BCUT2D eigenvalue weighted by molar-refractivity contribution is -0.678. The van der Waals surface area contributed by atoms with Crippen molar-refractivity contribution in [1.29, 1.82) is 0 Å². The zero-order valence-electron chi connectivity index (χ0n) is 31.6. The Hall–Kier alpha value is -7.41. The maximum atomic E-state index is 14.5. The van der Waals surface area contributed by atoms with Crippen molar-refractivity contribution in [2.45, 2.75) is 18.9 Å². The number of carbonyl (C=O) groups is 3. The highest BCUT2D eigenvalue weighted by molar-refractivity contribution is 8.13. The Morgan fingerprint density at radius 3 is 2.44 bits per heavy atom. The van der Waals surface area contributed by atoms with Gasteiger partial charge in [-0.2, -0.15) is 0 Å². The Morgan fingerprint density at radius 1 is 0.898 bits per heavy atom. The largest absolute Gasteiger partial charge is 0.506 e. The first kappa shape index (κ1) is 36.0. The van der Waals surface area contributed by atoms with Gasteiger partial charge in [0.05, 0.1) is 48.9 Å². The van der Waals surface area contributed by atoms with Crippen LogP contribution in [0.4, 0.5) is 17.2 Å². The number of nitrogen functional groups attached to an aromatic ring is 1. The molecule has 3 aromatic carbocycles. The molecule has 18 nitrogen and oxygen atoms in total. The smallest absolute Gasteiger partial charge is 0.293 e. The summed E-state index contributed by atoms with van der Waals surface area (Å²) in [4.78, 5) is 65.8. The first-order chi connectivity index (χ1) is 28.5. The fourth-order valence-electron chi connectivity index (χ4n) is 8.71. The molecule has 59 heavy (non-hydrogen) atoms. The highest BCUT2D eigenvalue weighted by Crippen LogP contribution is 2.50. The summed E-state index contributed by atoms with van der Waals surface area (Å²) in [6.07, 6.45) is 5.18. The van der Waals surface area contributed by atoms with Crippen LogP contribution in [0.25, 0.3) is 43.9 Å². The fraction of sp³-hybridized carbons (Fsp3) is 0.200. The van der Waals surface area contributed by atoms with Crippen molar-refractivity contribution in [3.05, 3.63) is 77.3 Å². The molecule has 0 saturated carbocycles. The molecule has 19 heteroatoms. The summed E-state index contributed by atoms with van der Waals surface area (Å²) in [6.45, 7) is 0.688. The van der Waals surface area contributed by atoms with E-state index in [4.69, 9.17) is 15.2 Å². The minimum Gasteiger partial charge on any atom is -0.506 e. The minimum absolute atomic E-state index is 0.0742. The number of nitrogens with one attached hydrogen (secondary N) is 4. The number of hydrogen-bond donors (Lipinski definition) is 8. The number of aromatic hydroxyl groups is 3. The van der Waals surface area contributed by atoms with Crippen LogP contribution in [0, 0.1) is 0 Å². The Morgan fingerprint density at radius 2 is 1.66 bits per heavy atom. The van der Waals surface area contributed by atoms with Gasteiger partial charge in [0.25, 0.3) is 17.5 Å². The van der Waals surface area contributed by atoms with E-state index in [2.05, 4.69) is 29.9 Å². The maximum Gasteiger partial charge on any atom is 0.293 e. The summed E-state index contributed by atoms with van der Waals surface area (Å²) < 4.78 is 12.7. The monoisotopic (exact) mass is 815 g/mol. The van der Waals surface area contributed by atoms with Crippen molar-refractivity contribution in [3.8, 4) is 28.7 Å². The number of amides is 2. The normalized spacial score (nSPS) is 14.9. The third-order valence-electron chi connectivity index (χ3n) is 11.3. The van der Waals surface area contributed by atoms with Crippen LogP contribution in [0.5, 0.6) is 28.7 Å². The molecule has 0 bridgehead atoms. The predicted octanol–water partition coefficient (Wildman–Crippen LogP) is 4.56. The van der Waals surface area contributed by atoms with Crippen molar-refractivity contribution in [1.82, 2.24) is 29.9 Å². The number of phenols is 3. The zero-order valence-corrected chi connectivity index (χ0v) is 32.4. The van der Waals surface area contributed by atoms with Crippen LogP contribution in [0.1, 0.15) is 48.5 Å². The van der Waals surface area contributed by atoms with Crippen LogP contribution in [-0.2, 0) is 13.0 Å². The number of carbonyl (C=O) groups excluding carboxylic acids is 3. The Labute approximate surface area is 336 Å². The van der Waals surface area contributed by atoms with Gasteiger partial charge in [-0.1, -0.05) is 21.7 Å². The van der Waals surface area contributed by atoms with Gasteiger partial charge in [0.2, 0.25) is 17.3 Å². The molecule has 9 N–H and O–H groups in total. The molecule has 298 valence electrons. The molecule has 2 amide bonds. The third kappa shape index (κ3) is 5.27. The van der Waals surface area contributed by atoms with Gasteiger partial charge in [-0.05, 0) is 48.1 Å². The average Bonchev–Trinajstić information content (AvgIpc) is 4.09. The van der Waals surface area contributed by atoms with E-state index in [1.165, 1.54) is 37.6 Å². The lowest BCUT2D eigenvalue weighted by Gasteiger charge is -2.19. The molecule has 5 aromatic heterocycles. The molecule has 0 aliphatic carbocycles. The Balaban J connectivity index is 1.09. The van der Waals surface area contributed by atoms with Crippen LogP contribution < -0.4 is 29.6 Å². The molecule has 10 rings (SSSR count). The number of methoxy groups -OCH3 is 2. The molecule has 7 heterocycles. The van der Waals surface area contributed by atoms with Crippen LogP contribution in [0.3, 0.4) is 0 Å². The van der Waals surface area contributed by atoms with Crippen LogP contribution in [0.15, 0.2) is 49.1 Å². The van der Waals surface area contributed by atoms with Crippen molar-refractivity contribution in [2.75, 3.05) is 49.1 Å². The summed E-state index contributed by atoms with van der Waals surface area (Å²) in [7, 11) is 2.84. The lowest BCUT2D eigenvalue weighted by Crippen LogP contribution is -2.40. The molecule has 0 fully saturated rings. The summed E-state index contributed by atoms with van der Waals surface area (Å²) in [6, 6.07) is 9.63. The van der Waals surface area contributed by atoms with Gasteiger partial charge in [0.1, 0.15) is 17.1 Å². The number of benzene rings is 3. The average molecular weight is 816 g/mol. The number of rotatable bonds is 7. The molecule has 1 atom stereocenters. The van der Waals surface area contributed by atoms with E-state index in [1.54, 1.807) is 41.7 Å². The number of ether oxygens (including phenoxy) is 2. The van der Waals surface area contributed by atoms with Crippen LogP contribution in [0.2, 0.25) is 0 Å². The van der Waals surface area contributed by atoms with Gasteiger partial charge in [0, 0.05) is 52.8 Å². The third-order valence-corrected chi connectivity index (χ3v) is 11.9. The molecule has 2 aliphatic rings. The molecule has 0 radical (unpaired) electrons. The number of phenolic OH excluding ortho intramolecular Hbond substituents is 3. The number of imidazole rings is 1. The number of anilines is 3. The number of nitrogens with zero attached hydrogens (tertiary/aromatic N) is 5. The Bertz CT molecular complexity index is 3130. The molecular formula is C40H35N10O8S+.